The molecule has 1 N–H and O–H groups in total. The Balaban J connectivity index is 0.000000171. The van der Waals surface area contributed by atoms with Gasteiger partial charge in [0, 0.05) is 30.4 Å². The van der Waals surface area contributed by atoms with Gasteiger partial charge in [-0.1, -0.05) is 0 Å². The molecule has 3 nitrogen and oxygen atoms in total. The molecule has 0 aromatic carbocycles. The van der Waals surface area contributed by atoms with Crippen LogP contribution in [0, 0.1) is 0 Å². The molecule has 0 amide bonds. The zero-order valence-electron chi connectivity index (χ0n) is 8.61. The highest BCUT2D eigenvalue weighted by Crippen LogP contribution is 2.28. The lowest BCUT2D eigenvalue weighted by Crippen LogP contribution is -2.01. The Kier molecular flexibility index (Phi) is 4.45. The van der Waals surface area contributed by atoms with Crippen molar-refractivity contribution in [2.24, 2.45) is 0 Å². The van der Waals surface area contributed by atoms with Crippen LogP contribution in [0.1, 0.15) is 15.9 Å². The predicted octanol–water partition coefficient (Wildman–Crippen LogP) is 2.93. The van der Waals surface area contributed by atoms with Gasteiger partial charge >= 0.3 is 6.18 Å². The van der Waals surface area contributed by atoms with E-state index in [1.54, 1.807) is 18.3 Å². The summed E-state index contributed by atoms with van der Waals surface area (Å²) in [7, 11) is 0. The van der Waals surface area contributed by atoms with Crippen molar-refractivity contribution in [3.05, 3.63) is 54.1 Å². The number of rotatable bonds is 1. The lowest BCUT2D eigenvalue weighted by atomic mass is 10.3. The first-order valence-corrected chi connectivity index (χ1v) is 4.59. The van der Waals surface area contributed by atoms with Gasteiger partial charge in [0.25, 0.3) is 0 Å². The quantitative estimate of drug-likeness (QED) is 0.781. The fraction of sp³-hybridized carbons (Fsp3) is 0.0909. The van der Waals surface area contributed by atoms with E-state index >= 15 is 0 Å². The zero-order valence-corrected chi connectivity index (χ0v) is 8.61. The van der Waals surface area contributed by atoms with Crippen LogP contribution in [-0.2, 0) is 6.18 Å². The van der Waals surface area contributed by atoms with E-state index in [1.165, 1.54) is 12.4 Å². The molecule has 0 saturated heterocycles. The van der Waals surface area contributed by atoms with Crippen molar-refractivity contribution in [2.45, 2.75) is 6.18 Å². The molecule has 0 unspecified atom stereocenters. The molecule has 2 heterocycles. The number of nitrogens with one attached hydrogen (secondary N) is 1. The first kappa shape index (κ1) is 13.0. The number of alkyl halides is 3. The van der Waals surface area contributed by atoms with Crippen LogP contribution in [0.15, 0.2) is 43.0 Å². The van der Waals surface area contributed by atoms with Gasteiger partial charge < -0.3 is 4.98 Å². The van der Waals surface area contributed by atoms with Gasteiger partial charge in [0.2, 0.25) is 0 Å². The Morgan fingerprint density at radius 3 is 2.35 bits per heavy atom. The molecule has 2 rings (SSSR count). The van der Waals surface area contributed by atoms with Gasteiger partial charge in [-0.2, -0.15) is 13.2 Å². The molecule has 0 aliphatic carbocycles. The Morgan fingerprint density at radius 2 is 2.06 bits per heavy atom. The summed E-state index contributed by atoms with van der Waals surface area (Å²) in [5.41, 5.74) is -0.0185. The molecule has 2 aromatic heterocycles. The van der Waals surface area contributed by atoms with Gasteiger partial charge in [0.15, 0.2) is 6.29 Å². The molecule has 6 heteroatoms. The van der Waals surface area contributed by atoms with Crippen LogP contribution in [-0.4, -0.2) is 16.3 Å². The Labute approximate surface area is 95.3 Å². The van der Waals surface area contributed by atoms with Crippen molar-refractivity contribution >= 4 is 6.29 Å². The molecular formula is C11H9F3N2O. The second kappa shape index (κ2) is 5.83. The van der Waals surface area contributed by atoms with Crippen molar-refractivity contribution in [3.8, 4) is 0 Å². The van der Waals surface area contributed by atoms with E-state index in [9.17, 15) is 18.0 Å². The summed E-state index contributed by atoms with van der Waals surface area (Å²) in [6, 6.07) is 4.42. The van der Waals surface area contributed by atoms with Crippen LogP contribution in [0.5, 0.6) is 0 Å². The highest BCUT2D eigenvalue weighted by molar-refractivity contribution is 5.73. The summed E-state index contributed by atoms with van der Waals surface area (Å²) >= 11 is 0. The van der Waals surface area contributed by atoms with Gasteiger partial charge in [0.1, 0.15) is 0 Å². The number of nitrogens with zero attached hydrogens (tertiary/aromatic N) is 1. The van der Waals surface area contributed by atoms with Gasteiger partial charge in [-0.25, -0.2) is 0 Å². The van der Waals surface area contributed by atoms with Crippen molar-refractivity contribution in [1.82, 2.24) is 9.97 Å². The fourth-order valence-electron chi connectivity index (χ4n) is 0.946. The number of carbonyl (C=O) groups excluding carboxylic acids is 1. The molecule has 0 radical (unpaired) electrons. The average molecular weight is 242 g/mol. The SMILES string of the molecule is FC(F)(F)c1cc[nH]c1.O=Cc1cccnc1. The molecule has 0 atom stereocenters. The van der Waals surface area contributed by atoms with Gasteiger partial charge in [-0.3, -0.25) is 9.78 Å². The van der Waals surface area contributed by atoms with Crippen LogP contribution < -0.4 is 0 Å². The van der Waals surface area contributed by atoms with Crippen LogP contribution >= 0.6 is 0 Å². The number of H-pyrrole nitrogens is 1. The number of hydrogen-bond donors (Lipinski definition) is 1. The number of aromatic nitrogens is 2. The third-order valence-corrected chi connectivity index (χ3v) is 1.75. The summed E-state index contributed by atoms with van der Waals surface area (Å²) in [5.74, 6) is 0. The minimum atomic E-state index is -4.21. The van der Waals surface area contributed by atoms with Gasteiger partial charge in [-0.05, 0) is 18.2 Å². The first-order valence-electron chi connectivity index (χ1n) is 4.59. The number of pyridine rings is 1. The van der Waals surface area contributed by atoms with Crippen LogP contribution in [0.4, 0.5) is 13.2 Å². The van der Waals surface area contributed by atoms with Gasteiger partial charge in [0.05, 0.1) is 5.56 Å². The normalized spacial score (nSPS) is 10.3. The second-order valence-electron chi connectivity index (χ2n) is 3.00. The fourth-order valence-corrected chi connectivity index (χ4v) is 0.946. The standard InChI is InChI=1S/C6H5NO.C5H4F3N/c8-5-6-2-1-3-7-4-6;6-5(7,8)4-1-2-9-3-4/h1-5H;1-3,9H. The van der Waals surface area contributed by atoms with Crippen molar-refractivity contribution in [1.29, 1.82) is 0 Å². The van der Waals surface area contributed by atoms with E-state index in [0.29, 0.717) is 5.56 Å². The smallest absolute Gasteiger partial charge is 0.367 e. The summed E-state index contributed by atoms with van der Waals surface area (Å²) < 4.78 is 34.8. The van der Waals surface area contributed by atoms with E-state index < -0.39 is 11.7 Å². The Bertz CT molecular complexity index is 437. The number of aromatic amines is 1. The maximum absolute atomic E-state index is 11.6. The number of halogens is 3. The van der Waals surface area contributed by atoms with Crippen LogP contribution in [0.25, 0.3) is 0 Å². The van der Waals surface area contributed by atoms with E-state index in [4.69, 9.17) is 0 Å². The molecule has 2 aromatic rings. The molecule has 90 valence electrons. The largest absolute Gasteiger partial charge is 0.417 e. The van der Waals surface area contributed by atoms with Crippen molar-refractivity contribution < 1.29 is 18.0 Å². The molecular weight excluding hydrogens is 233 g/mol. The molecule has 0 aliphatic heterocycles. The average Bonchev–Trinajstić information content (AvgIpc) is 2.84. The van der Waals surface area contributed by atoms with Crippen molar-refractivity contribution in [3.63, 3.8) is 0 Å². The summed E-state index contributed by atoms with van der Waals surface area (Å²) in [5, 5.41) is 0. The van der Waals surface area contributed by atoms with Gasteiger partial charge in [-0.15, -0.1) is 0 Å². The third kappa shape index (κ3) is 4.50. The third-order valence-electron chi connectivity index (χ3n) is 1.75. The molecule has 0 spiro atoms. The van der Waals surface area contributed by atoms with E-state index in [0.717, 1.165) is 18.5 Å². The number of aldehydes is 1. The predicted molar refractivity (Wildman–Crippen MR) is 55.4 cm³/mol. The highest BCUT2D eigenvalue weighted by atomic mass is 19.4. The van der Waals surface area contributed by atoms with Crippen molar-refractivity contribution in [2.75, 3.05) is 0 Å². The van der Waals surface area contributed by atoms with Crippen LogP contribution in [0.3, 0.4) is 0 Å². The van der Waals surface area contributed by atoms with E-state index in [-0.39, 0.29) is 0 Å². The molecule has 0 fully saturated rings. The number of hydrogen-bond acceptors (Lipinski definition) is 2. The lowest BCUT2D eigenvalue weighted by Gasteiger charge is -1.99. The summed E-state index contributed by atoms with van der Waals surface area (Å²) in [6.07, 6.45) is 1.87. The Hall–Kier alpha value is -2.11. The van der Waals surface area contributed by atoms with E-state index in [2.05, 4.69) is 9.97 Å². The lowest BCUT2D eigenvalue weighted by molar-refractivity contribution is -0.137. The monoisotopic (exact) mass is 242 g/mol. The van der Waals surface area contributed by atoms with Crippen LogP contribution in [0.2, 0.25) is 0 Å². The summed E-state index contributed by atoms with van der Waals surface area (Å²) in [4.78, 5) is 16.0. The first-order chi connectivity index (χ1) is 8.04. The number of carbonyl (C=O) groups is 1. The zero-order chi connectivity index (χ0) is 12.7. The second-order valence-corrected chi connectivity index (χ2v) is 3.00. The minimum Gasteiger partial charge on any atom is -0.367 e. The molecule has 0 saturated carbocycles. The molecule has 17 heavy (non-hydrogen) atoms. The highest BCUT2D eigenvalue weighted by Gasteiger charge is 2.30. The summed E-state index contributed by atoms with van der Waals surface area (Å²) in [6.45, 7) is 0. The van der Waals surface area contributed by atoms with E-state index in [1.807, 2.05) is 0 Å². The Morgan fingerprint density at radius 1 is 1.29 bits per heavy atom. The topological polar surface area (TPSA) is 45.8 Å². The maximum Gasteiger partial charge on any atom is 0.417 e. The molecule has 0 bridgehead atoms. The minimum absolute atomic E-state index is 0.618. The molecule has 0 aliphatic rings. The maximum atomic E-state index is 11.6.